The fourth-order valence-corrected chi connectivity index (χ4v) is 5.51. The van der Waals surface area contributed by atoms with Crippen LogP contribution in [0.2, 0.25) is 0 Å². The van der Waals surface area contributed by atoms with Crippen LogP contribution in [0.15, 0.2) is 62.2 Å². The zero-order chi connectivity index (χ0) is 24.5. The number of benzene rings is 2. The number of fused-ring (bicyclic) bond motifs is 2. The van der Waals surface area contributed by atoms with Gasteiger partial charge in [0, 0.05) is 29.1 Å². The molecule has 9 nitrogen and oxygen atoms in total. The minimum absolute atomic E-state index is 0.252. The lowest BCUT2D eigenvalue weighted by Crippen LogP contribution is -2.12. The molecule has 178 valence electrons. The summed E-state index contributed by atoms with van der Waals surface area (Å²) in [6.45, 7) is 1.77. The second-order valence-corrected chi connectivity index (χ2v) is 9.81. The fraction of sp³-hybridized carbons (Fsp3) is 0.167. The standard InChI is InChI=1S/C24H20N4O5S2/c1-13-8-21-25-16(11-22(29)28(21)33-13)12-34-24-27-17-6-5-15(10-20(17)35-24)26-23(30)14-4-7-18(31-2)19(9-14)32-3/h4-11H,12H2,1-3H3,(H,26,30). The van der Waals surface area contributed by atoms with Gasteiger partial charge in [0.1, 0.15) is 5.76 Å². The van der Waals surface area contributed by atoms with Gasteiger partial charge in [0.05, 0.1) is 30.1 Å². The highest BCUT2D eigenvalue weighted by Gasteiger charge is 2.13. The summed E-state index contributed by atoms with van der Waals surface area (Å²) in [6.07, 6.45) is 0. The lowest BCUT2D eigenvalue weighted by molar-refractivity contribution is 0.102. The second-order valence-electron chi connectivity index (χ2n) is 7.56. The largest absolute Gasteiger partial charge is 0.493 e. The highest BCUT2D eigenvalue weighted by atomic mass is 32.2. The number of thioether (sulfide) groups is 1. The first-order valence-electron chi connectivity index (χ1n) is 10.5. The number of nitrogens with one attached hydrogen (secondary N) is 1. The number of thiazole rings is 1. The van der Waals surface area contributed by atoms with E-state index in [-0.39, 0.29) is 11.5 Å². The first-order valence-corrected chi connectivity index (χ1v) is 12.3. The molecule has 0 atom stereocenters. The third kappa shape index (κ3) is 4.73. The van der Waals surface area contributed by atoms with E-state index in [1.165, 1.54) is 40.8 Å². The number of aryl methyl sites for hydroxylation is 1. The van der Waals surface area contributed by atoms with Crippen LogP contribution in [0.3, 0.4) is 0 Å². The number of ether oxygens (including phenoxy) is 2. The zero-order valence-electron chi connectivity index (χ0n) is 19.0. The molecule has 0 aliphatic rings. The van der Waals surface area contributed by atoms with Crippen molar-refractivity contribution in [3.05, 3.63) is 75.9 Å². The third-order valence-corrected chi connectivity index (χ3v) is 7.33. The predicted octanol–water partition coefficient (Wildman–Crippen LogP) is 4.77. The van der Waals surface area contributed by atoms with Crippen LogP contribution in [-0.4, -0.2) is 34.7 Å². The van der Waals surface area contributed by atoms with Gasteiger partial charge in [-0.1, -0.05) is 11.8 Å². The monoisotopic (exact) mass is 508 g/mol. The van der Waals surface area contributed by atoms with Crippen molar-refractivity contribution in [2.45, 2.75) is 17.0 Å². The van der Waals surface area contributed by atoms with Gasteiger partial charge in [0.15, 0.2) is 21.5 Å². The van der Waals surface area contributed by atoms with E-state index in [1.807, 2.05) is 18.2 Å². The molecule has 0 bridgehead atoms. The van der Waals surface area contributed by atoms with Gasteiger partial charge in [-0.15, -0.1) is 15.9 Å². The van der Waals surface area contributed by atoms with Gasteiger partial charge in [-0.05, 0) is 43.3 Å². The van der Waals surface area contributed by atoms with E-state index < -0.39 is 0 Å². The molecule has 1 N–H and O–H groups in total. The second kappa shape index (κ2) is 9.43. The lowest BCUT2D eigenvalue weighted by atomic mass is 10.2. The molecule has 2 aromatic carbocycles. The summed E-state index contributed by atoms with van der Waals surface area (Å²) in [5, 5.41) is 2.91. The first kappa shape index (κ1) is 22.9. The predicted molar refractivity (Wildman–Crippen MR) is 135 cm³/mol. The van der Waals surface area contributed by atoms with Crippen LogP contribution < -0.4 is 20.3 Å². The molecule has 0 spiro atoms. The summed E-state index contributed by atoms with van der Waals surface area (Å²) >= 11 is 3.01. The molecule has 0 fully saturated rings. The van der Waals surface area contributed by atoms with Crippen LogP contribution in [0.4, 0.5) is 5.69 Å². The van der Waals surface area contributed by atoms with Crippen LogP contribution in [0.1, 0.15) is 21.8 Å². The average Bonchev–Trinajstić information content (AvgIpc) is 3.44. The van der Waals surface area contributed by atoms with Gasteiger partial charge < -0.3 is 19.3 Å². The van der Waals surface area contributed by atoms with E-state index in [0.717, 1.165) is 14.6 Å². The van der Waals surface area contributed by atoms with E-state index in [9.17, 15) is 9.59 Å². The molecule has 0 unspecified atom stereocenters. The summed E-state index contributed by atoms with van der Waals surface area (Å²) in [4.78, 5) is 34.1. The molecule has 5 rings (SSSR count). The Hall–Kier alpha value is -3.83. The van der Waals surface area contributed by atoms with Gasteiger partial charge in [-0.2, -0.15) is 0 Å². The van der Waals surface area contributed by atoms with E-state index in [1.54, 1.807) is 38.3 Å². The summed E-state index contributed by atoms with van der Waals surface area (Å²) in [5.74, 6) is 1.91. The highest BCUT2D eigenvalue weighted by Crippen LogP contribution is 2.33. The van der Waals surface area contributed by atoms with Gasteiger partial charge in [-0.25, -0.2) is 9.97 Å². The number of amides is 1. The average molecular weight is 509 g/mol. The van der Waals surface area contributed by atoms with Crippen LogP contribution in [0.25, 0.3) is 15.9 Å². The molecule has 1 amide bonds. The maximum atomic E-state index is 12.7. The van der Waals surface area contributed by atoms with Crippen LogP contribution in [-0.2, 0) is 5.75 Å². The van der Waals surface area contributed by atoms with Crippen LogP contribution in [0, 0.1) is 6.92 Å². The first-order chi connectivity index (χ1) is 16.9. The fourth-order valence-electron chi connectivity index (χ4n) is 3.51. The molecule has 35 heavy (non-hydrogen) atoms. The van der Waals surface area contributed by atoms with Crippen molar-refractivity contribution in [2.75, 3.05) is 19.5 Å². The Bertz CT molecular complexity index is 1620. The van der Waals surface area contributed by atoms with Crippen molar-refractivity contribution in [1.82, 2.24) is 14.5 Å². The minimum atomic E-state index is -0.258. The quantitative estimate of drug-likeness (QED) is 0.313. The van der Waals surface area contributed by atoms with Gasteiger partial charge in [-0.3, -0.25) is 9.59 Å². The minimum Gasteiger partial charge on any atom is -0.493 e. The molecular formula is C24H20N4O5S2. The lowest BCUT2D eigenvalue weighted by Gasteiger charge is -2.10. The number of anilines is 1. The summed E-state index contributed by atoms with van der Waals surface area (Å²) in [6, 6.07) is 13.8. The van der Waals surface area contributed by atoms with E-state index in [4.69, 9.17) is 14.0 Å². The smallest absolute Gasteiger partial charge is 0.287 e. The molecule has 5 aromatic rings. The number of rotatable bonds is 7. The summed E-state index contributed by atoms with van der Waals surface area (Å²) < 4.78 is 18.8. The van der Waals surface area contributed by atoms with Crippen molar-refractivity contribution in [3.63, 3.8) is 0 Å². The molecular weight excluding hydrogens is 488 g/mol. The molecule has 11 heteroatoms. The molecule has 0 saturated carbocycles. The summed E-state index contributed by atoms with van der Waals surface area (Å²) in [5.41, 5.74) is 2.84. The molecule has 3 aromatic heterocycles. The van der Waals surface area contributed by atoms with Gasteiger partial charge in [0.2, 0.25) is 0 Å². The maximum absolute atomic E-state index is 12.7. The van der Waals surface area contributed by atoms with Gasteiger partial charge in [0.25, 0.3) is 11.5 Å². The number of nitrogens with zero attached hydrogens (tertiary/aromatic N) is 3. The maximum Gasteiger partial charge on any atom is 0.287 e. The Morgan fingerprint density at radius 3 is 2.71 bits per heavy atom. The Labute approximate surface area is 207 Å². The molecule has 0 aliphatic heterocycles. The van der Waals surface area contributed by atoms with Crippen molar-refractivity contribution >= 4 is 50.6 Å². The normalized spacial score (nSPS) is 11.2. The highest BCUT2D eigenvalue weighted by molar-refractivity contribution is 8.00. The van der Waals surface area contributed by atoms with Crippen molar-refractivity contribution < 1.29 is 18.8 Å². The molecule has 0 radical (unpaired) electrons. The van der Waals surface area contributed by atoms with Crippen molar-refractivity contribution in [1.29, 1.82) is 0 Å². The van der Waals surface area contributed by atoms with Gasteiger partial charge >= 0.3 is 0 Å². The number of hydrogen-bond donors (Lipinski definition) is 1. The number of hydrogen-bond acceptors (Lipinski definition) is 9. The van der Waals surface area contributed by atoms with Crippen molar-refractivity contribution in [2.24, 2.45) is 0 Å². The Kier molecular flexibility index (Phi) is 6.18. The topological polar surface area (TPSA) is 108 Å². The van der Waals surface area contributed by atoms with Crippen LogP contribution in [0.5, 0.6) is 11.5 Å². The van der Waals surface area contributed by atoms with E-state index in [2.05, 4.69) is 15.3 Å². The van der Waals surface area contributed by atoms with Crippen LogP contribution >= 0.6 is 23.1 Å². The number of methoxy groups -OCH3 is 2. The molecule has 0 aliphatic carbocycles. The molecule has 3 heterocycles. The van der Waals surface area contributed by atoms with E-state index in [0.29, 0.717) is 45.6 Å². The van der Waals surface area contributed by atoms with E-state index >= 15 is 0 Å². The zero-order valence-corrected chi connectivity index (χ0v) is 20.7. The van der Waals surface area contributed by atoms with Crippen molar-refractivity contribution in [3.8, 4) is 11.5 Å². The SMILES string of the molecule is COc1ccc(C(=O)Nc2ccc3nc(SCc4cc(=O)n5oc(C)cc5n4)sc3c2)cc1OC. The summed E-state index contributed by atoms with van der Waals surface area (Å²) in [7, 11) is 3.07. The number of aromatic nitrogens is 3. The third-order valence-electron chi connectivity index (χ3n) is 5.14. The molecule has 0 saturated heterocycles. The number of carbonyl (C=O) groups excluding carboxylic acids is 1. The number of carbonyl (C=O) groups is 1. The Morgan fingerprint density at radius 2 is 1.91 bits per heavy atom. The Balaban J connectivity index is 1.30. The Morgan fingerprint density at radius 1 is 1.09 bits per heavy atom.